The number of pyridine rings is 1. The average Bonchev–Trinajstić information content (AvgIpc) is 2.31. The van der Waals surface area contributed by atoms with Gasteiger partial charge in [0.05, 0.1) is 13.5 Å². The molecule has 0 aromatic carbocycles. The van der Waals surface area contributed by atoms with Gasteiger partial charge in [-0.15, -0.1) is 13.2 Å². The maximum absolute atomic E-state index is 12.2. The number of ether oxygens (including phenoxy) is 2. The summed E-state index contributed by atoms with van der Waals surface area (Å²) in [5, 5.41) is 0. The van der Waals surface area contributed by atoms with Gasteiger partial charge in [0.25, 0.3) is 0 Å². The number of methoxy groups -OCH3 is 1. The first-order chi connectivity index (χ1) is 8.78. The van der Waals surface area contributed by atoms with E-state index in [9.17, 15) is 18.0 Å². The van der Waals surface area contributed by atoms with Crippen LogP contribution in [0.3, 0.4) is 0 Å². The molecule has 0 aliphatic rings. The summed E-state index contributed by atoms with van der Waals surface area (Å²) >= 11 is 1.85. The molecule has 0 aliphatic heterocycles. The van der Waals surface area contributed by atoms with Gasteiger partial charge in [0.1, 0.15) is 0 Å². The highest BCUT2D eigenvalue weighted by Gasteiger charge is 2.33. The van der Waals surface area contributed by atoms with Crippen LogP contribution in [0.2, 0.25) is 0 Å². The molecule has 1 heterocycles. The molecule has 1 aromatic rings. The lowest BCUT2D eigenvalue weighted by Crippen LogP contribution is -2.21. The topological polar surface area (TPSA) is 74.4 Å². The van der Waals surface area contributed by atoms with E-state index in [1.54, 1.807) is 0 Å². The van der Waals surface area contributed by atoms with E-state index in [0.29, 0.717) is 9.13 Å². The van der Waals surface area contributed by atoms with Crippen LogP contribution in [0.25, 0.3) is 0 Å². The first-order valence-electron chi connectivity index (χ1n) is 4.97. The second-order valence-corrected chi connectivity index (χ2v) is 4.54. The van der Waals surface area contributed by atoms with E-state index in [1.807, 2.05) is 22.6 Å². The fourth-order valence-corrected chi connectivity index (χ4v) is 2.02. The van der Waals surface area contributed by atoms with Gasteiger partial charge in [-0.25, -0.2) is 4.98 Å². The molecule has 0 saturated carbocycles. The van der Waals surface area contributed by atoms with Crippen molar-refractivity contribution in [3.05, 3.63) is 20.9 Å². The van der Waals surface area contributed by atoms with E-state index in [1.165, 1.54) is 13.3 Å². The zero-order valence-electron chi connectivity index (χ0n) is 9.75. The molecule has 0 saturated heterocycles. The molecule has 0 atom stereocenters. The van der Waals surface area contributed by atoms with Crippen LogP contribution < -0.4 is 10.5 Å². The Morgan fingerprint density at radius 2 is 2.11 bits per heavy atom. The van der Waals surface area contributed by atoms with Gasteiger partial charge in [-0.3, -0.25) is 4.79 Å². The Balaban J connectivity index is 3.21. The molecular weight excluding hydrogens is 380 g/mol. The van der Waals surface area contributed by atoms with Gasteiger partial charge in [0.2, 0.25) is 5.88 Å². The van der Waals surface area contributed by atoms with Gasteiger partial charge in [-0.1, -0.05) is 0 Å². The van der Waals surface area contributed by atoms with E-state index in [-0.39, 0.29) is 18.5 Å². The summed E-state index contributed by atoms with van der Waals surface area (Å²) in [5.74, 6) is -1.23. The Morgan fingerprint density at radius 1 is 1.47 bits per heavy atom. The van der Waals surface area contributed by atoms with E-state index >= 15 is 0 Å². The predicted molar refractivity (Wildman–Crippen MR) is 67.2 cm³/mol. The number of carbonyl (C=O) groups excluding carboxylic acids is 1. The Bertz CT molecular complexity index is 480. The zero-order valence-corrected chi connectivity index (χ0v) is 11.9. The van der Waals surface area contributed by atoms with Crippen LogP contribution in [0.4, 0.5) is 13.2 Å². The lowest BCUT2D eigenvalue weighted by Gasteiger charge is -2.15. The number of nitrogens with zero attached hydrogens (tertiary/aromatic N) is 1. The predicted octanol–water partition coefficient (Wildman–Crippen LogP) is 1.76. The first kappa shape index (κ1) is 16.0. The van der Waals surface area contributed by atoms with Crippen LogP contribution in [-0.4, -0.2) is 24.4 Å². The van der Waals surface area contributed by atoms with Gasteiger partial charge >= 0.3 is 12.3 Å². The molecular formula is C10H10F3IN2O3. The number of hydrogen-bond acceptors (Lipinski definition) is 5. The normalized spacial score (nSPS) is 11.3. The summed E-state index contributed by atoms with van der Waals surface area (Å²) in [6.45, 7) is -0.235. The van der Waals surface area contributed by atoms with E-state index in [0.717, 1.165) is 0 Å². The smallest absolute Gasteiger partial charge is 0.469 e. The number of aromatic nitrogens is 1. The molecule has 0 spiro atoms. The summed E-state index contributed by atoms with van der Waals surface area (Å²) in [4.78, 5) is 14.8. The minimum atomic E-state index is -4.87. The number of nitrogens with two attached hydrogens (primary N) is 1. The molecule has 0 amide bonds. The van der Waals surface area contributed by atoms with Gasteiger partial charge in [0.15, 0.2) is 0 Å². The van der Waals surface area contributed by atoms with Gasteiger partial charge in [-0.2, -0.15) is 0 Å². The second-order valence-electron chi connectivity index (χ2n) is 3.37. The maximum atomic E-state index is 12.2. The fourth-order valence-electron chi connectivity index (χ4n) is 1.36. The van der Waals surface area contributed by atoms with Gasteiger partial charge in [-0.05, 0) is 28.2 Å². The Hall–Kier alpha value is -1.10. The molecule has 0 unspecified atom stereocenters. The molecule has 9 heteroatoms. The Morgan fingerprint density at radius 3 is 2.58 bits per heavy atom. The van der Waals surface area contributed by atoms with Crippen LogP contribution >= 0.6 is 22.6 Å². The number of rotatable bonds is 4. The standard InChI is InChI=1S/C10H10F3IN2O3/c1-18-8(17)2-5-6(3-15)9(16-4-7(5)14)19-10(11,12)13/h4H,2-3,15H2,1H3. The van der Waals surface area contributed by atoms with Crippen LogP contribution in [-0.2, 0) is 22.5 Å². The van der Waals surface area contributed by atoms with Crippen molar-refractivity contribution in [1.29, 1.82) is 0 Å². The van der Waals surface area contributed by atoms with Gasteiger partial charge in [0, 0.05) is 21.9 Å². The van der Waals surface area contributed by atoms with Crippen LogP contribution in [0, 0.1) is 3.57 Å². The maximum Gasteiger partial charge on any atom is 0.574 e. The van der Waals surface area contributed by atoms with E-state index in [2.05, 4.69) is 14.5 Å². The Kier molecular flexibility index (Phi) is 5.35. The molecule has 0 aliphatic carbocycles. The molecule has 1 aromatic heterocycles. The van der Waals surface area contributed by atoms with E-state index < -0.39 is 18.2 Å². The van der Waals surface area contributed by atoms with Crippen LogP contribution in [0.5, 0.6) is 5.88 Å². The molecule has 5 nitrogen and oxygen atoms in total. The minimum absolute atomic E-state index is 0.0367. The third-order valence-electron chi connectivity index (χ3n) is 2.17. The number of alkyl halides is 3. The minimum Gasteiger partial charge on any atom is -0.469 e. The largest absolute Gasteiger partial charge is 0.574 e. The summed E-state index contributed by atoms with van der Waals surface area (Å²) in [6.07, 6.45) is -3.89. The number of carbonyl (C=O) groups is 1. The lowest BCUT2D eigenvalue weighted by molar-refractivity contribution is -0.276. The summed E-state index contributed by atoms with van der Waals surface area (Å²) in [6, 6.07) is 0. The average molecular weight is 390 g/mol. The highest BCUT2D eigenvalue weighted by atomic mass is 127. The van der Waals surface area contributed by atoms with Crippen molar-refractivity contribution >= 4 is 28.6 Å². The summed E-state index contributed by atoms with van der Waals surface area (Å²) in [5.41, 5.74) is 5.77. The molecule has 1 rings (SSSR count). The summed E-state index contributed by atoms with van der Waals surface area (Å²) < 4.78 is 45.4. The van der Waals surface area contributed by atoms with Gasteiger partial charge < -0.3 is 15.2 Å². The molecule has 0 fully saturated rings. The molecule has 106 valence electrons. The molecule has 19 heavy (non-hydrogen) atoms. The van der Waals surface area contributed by atoms with Crippen LogP contribution in [0.1, 0.15) is 11.1 Å². The highest BCUT2D eigenvalue weighted by molar-refractivity contribution is 14.1. The number of esters is 1. The third-order valence-corrected chi connectivity index (χ3v) is 3.10. The monoisotopic (exact) mass is 390 g/mol. The van der Waals surface area contributed by atoms with Crippen molar-refractivity contribution < 1.29 is 27.4 Å². The Labute approximate surface area is 120 Å². The highest BCUT2D eigenvalue weighted by Crippen LogP contribution is 2.29. The number of hydrogen-bond donors (Lipinski definition) is 1. The SMILES string of the molecule is COC(=O)Cc1c(I)cnc(OC(F)(F)F)c1CN. The van der Waals surface area contributed by atoms with E-state index in [4.69, 9.17) is 5.73 Å². The van der Waals surface area contributed by atoms with Crippen molar-refractivity contribution in [2.45, 2.75) is 19.3 Å². The van der Waals surface area contributed by atoms with Crippen LogP contribution in [0.15, 0.2) is 6.20 Å². The molecule has 0 radical (unpaired) electrons. The van der Waals surface area contributed by atoms with Crippen molar-refractivity contribution in [3.8, 4) is 5.88 Å². The molecule has 0 bridgehead atoms. The number of halogens is 4. The quantitative estimate of drug-likeness (QED) is 0.627. The van der Waals surface area contributed by atoms with Crippen molar-refractivity contribution in [2.75, 3.05) is 7.11 Å². The van der Waals surface area contributed by atoms with Crippen molar-refractivity contribution in [1.82, 2.24) is 4.98 Å². The summed E-state index contributed by atoms with van der Waals surface area (Å²) in [7, 11) is 1.19. The fraction of sp³-hybridized carbons (Fsp3) is 0.400. The van der Waals surface area contributed by atoms with Crippen molar-refractivity contribution in [2.24, 2.45) is 5.73 Å². The zero-order chi connectivity index (χ0) is 14.6. The lowest BCUT2D eigenvalue weighted by atomic mass is 10.1. The first-order valence-corrected chi connectivity index (χ1v) is 6.05. The molecule has 2 N–H and O–H groups in total. The second kappa shape index (κ2) is 6.37. The van der Waals surface area contributed by atoms with Crippen molar-refractivity contribution in [3.63, 3.8) is 0 Å². The third kappa shape index (κ3) is 4.49.